The molecule has 3 rings (SSSR count). The molecule has 1 aromatic heterocycles. The molecular weight excluding hydrogens is 382 g/mol. The number of aryl methyl sites for hydroxylation is 1. The fourth-order valence-electron chi connectivity index (χ4n) is 3.96. The van der Waals surface area contributed by atoms with Gasteiger partial charge in [0.15, 0.2) is 11.5 Å². The summed E-state index contributed by atoms with van der Waals surface area (Å²) in [7, 11) is 3.16. The first-order chi connectivity index (χ1) is 14.5. The standard InChI is InChI=1S/C23H31N3O4/c1-16-7-4-5-8-18(16)24-22(27)9-6-14-26-23(28)13-11-19(25-26)17-10-12-20(29-2)21(15-17)30-3/h10-13,15-16,18H,4-9,14H2,1-3H3,(H,24,27). The van der Waals surface area contributed by atoms with Crippen molar-refractivity contribution in [3.8, 4) is 22.8 Å². The fraction of sp³-hybridized carbons (Fsp3) is 0.522. The molecule has 162 valence electrons. The molecule has 0 radical (unpaired) electrons. The predicted molar refractivity (Wildman–Crippen MR) is 116 cm³/mol. The highest BCUT2D eigenvalue weighted by Gasteiger charge is 2.22. The van der Waals surface area contributed by atoms with E-state index in [1.54, 1.807) is 20.3 Å². The average Bonchev–Trinajstić information content (AvgIpc) is 2.76. The van der Waals surface area contributed by atoms with Crippen molar-refractivity contribution in [2.75, 3.05) is 14.2 Å². The SMILES string of the molecule is COc1ccc(-c2ccc(=O)n(CCCC(=O)NC3CCCCC3C)n2)cc1OC. The minimum absolute atomic E-state index is 0.0536. The van der Waals surface area contributed by atoms with Crippen LogP contribution in [0.1, 0.15) is 45.4 Å². The zero-order chi connectivity index (χ0) is 21.5. The highest BCUT2D eigenvalue weighted by molar-refractivity contribution is 5.76. The molecule has 2 aromatic rings. The second-order valence-corrected chi connectivity index (χ2v) is 7.89. The second kappa shape index (κ2) is 10.3. The van der Waals surface area contributed by atoms with E-state index < -0.39 is 0 Å². The highest BCUT2D eigenvalue weighted by Crippen LogP contribution is 2.31. The smallest absolute Gasteiger partial charge is 0.266 e. The van der Waals surface area contributed by atoms with Crippen molar-refractivity contribution in [1.29, 1.82) is 0 Å². The van der Waals surface area contributed by atoms with Crippen molar-refractivity contribution in [2.24, 2.45) is 5.92 Å². The number of rotatable bonds is 8. The lowest BCUT2D eigenvalue weighted by Crippen LogP contribution is -2.41. The van der Waals surface area contributed by atoms with E-state index in [0.717, 1.165) is 12.0 Å². The Morgan fingerprint density at radius 3 is 2.63 bits per heavy atom. The Labute approximate surface area is 177 Å². The summed E-state index contributed by atoms with van der Waals surface area (Å²) in [5, 5.41) is 7.63. The molecule has 1 aliphatic carbocycles. The molecule has 0 spiro atoms. The Bertz CT molecular complexity index is 925. The van der Waals surface area contributed by atoms with Gasteiger partial charge in [-0.05, 0) is 49.4 Å². The van der Waals surface area contributed by atoms with Crippen LogP contribution in [0.2, 0.25) is 0 Å². The number of aromatic nitrogens is 2. The largest absolute Gasteiger partial charge is 0.493 e. The van der Waals surface area contributed by atoms with Crippen LogP contribution in [-0.4, -0.2) is 35.9 Å². The second-order valence-electron chi connectivity index (χ2n) is 7.89. The maximum atomic E-state index is 12.3. The van der Waals surface area contributed by atoms with Gasteiger partial charge in [0.25, 0.3) is 5.56 Å². The summed E-state index contributed by atoms with van der Waals surface area (Å²) in [6.07, 6.45) is 5.61. The van der Waals surface area contributed by atoms with E-state index in [0.29, 0.717) is 42.5 Å². The van der Waals surface area contributed by atoms with Gasteiger partial charge in [0.1, 0.15) is 0 Å². The molecule has 2 unspecified atom stereocenters. The lowest BCUT2D eigenvalue weighted by Gasteiger charge is -2.29. The number of carbonyl (C=O) groups is 1. The van der Waals surface area contributed by atoms with Gasteiger partial charge >= 0.3 is 0 Å². The molecule has 2 atom stereocenters. The minimum Gasteiger partial charge on any atom is -0.493 e. The first-order valence-electron chi connectivity index (χ1n) is 10.6. The van der Waals surface area contributed by atoms with Crippen molar-refractivity contribution in [3.05, 3.63) is 40.7 Å². The third-order valence-corrected chi connectivity index (χ3v) is 5.78. The molecule has 1 aliphatic rings. The normalized spacial score (nSPS) is 18.6. The number of methoxy groups -OCH3 is 2. The molecule has 1 aromatic carbocycles. The van der Waals surface area contributed by atoms with E-state index in [1.807, 2.05) is 18.2 Å². The van der Waals surface area contributed by atoms with Gasteiger partial charge in [-0.3, -0.25) is 9.59 Å². The van der Waals surface area contributed by atoms with Crippen LogP contribution in [0.3, 0.4) is 0 Å². The predicted octanol–water partition coefficient (Wildman–Crippen LogP) is 3.40. The highest BCUT2D eigenvalue weighted by atomic mass is 16.5. The number of hydrogen-bond acceptors (Lipinski definition) is 5. The monoisotopic (exact) mass is 413 g/mol. The van der Waals surface area contributed by atoms with E-state index in [4.69, 9.17) is 9.47 Å². The first-order valence-corrected chi connectivity index (χ1v) is 10.6. The van der Waals surface area contributed by atoms with Gasteiger partial charge in [-0.25, -0.2) is 4.68 Å². The third kappa shape index (κ3) is 5.40. The fourth-order valence-corrected chi connectivity index (χ4v) is 3.96. The Morgan fingerprint density at radius 1 is 1.13 bits per heavy atom. The lowest BCUT2D eigenvalue weighted by atomic mass is 9.86. The number of ether oxygens (including phenoxy) is 2. The van der Waals surface area contributed by atoms with Gasteiger partial charge in [0.05, 0.1) is 19.9 Å². The summed E-state index contributed by atoms with van der Waals surface area (Å²) in [6.45, 7) is 2.60. The Hall–Kier alpha value is -2.83. The number of benzene rings is 1. The van der Waals surface area contributed by atoms with E-state index >= 15 is 0 Å². The molecule has 1 N–H and O–H groups in total. The van der Waals surface area contributed by atoms with Crippen LogP contribution in [0.25, 0.3) is 11.3 Å². The lowest BCUT2D eigenvalue weighted by molar-refractivity contribution is -0.122. The van der Waals surface area contributed by atoms with Crippen LogP contribution in [-0.2, 0) is 11.3 Å². The summed E-state index contributed by atoms with van der Waals surface area (Å²) in [5.41, 5.74) is 1.31. The molecule has 1 heterocycles. The average molecular weight is 414 g/mol. The summed E-state index contributed by atoms with van der Waals surface area (Å²) in [6, 6.07) is 8.98. The van der Waals surface area contributed by atoms with Crippen LogP contribution in [0.4, 0.5) is 0 Å². The number of carbonyl (C=O) groups excluding carboxylic acids is 1. The van der Waals surface area contributed by atoms with Crippen LogP contribution in [0, 0.1) is 5.92 Å². The minimum atomic E-state index is -0.180. The van der Waals surface area contributed by atoms with Crippen molar-refractivity contribution < 1.29 is 14.3 Å². The van der Waals surface area contributed by atoms with Gasteiger partial charge in [0, 0.05) is 30.6 Å². The Morgan fingerprint density at radius 2 is 1.90 bits per heavy atom. The molecule has 7 heteroatoms. The van der Waals surface area contributed by atoms with E-state index in [1.165, 1.54) is 30.0 Å². The molecule has 1 fully saturated rings. The van der Waals surface area contributed by atoms with Gasteiger partial charge in [-0.15, -0.1) is 0 Å². The molecule has 0 aliphatic heterocycles. The molecule has 0 bridgehead atoms. The van der Waals surface area contributed by atoms with Gasteiger partial charge in [0.2, 0.25) is 5.91 Å². The molecule has 0 saturated heterocycles. The molecule has 1 amide bonds. The van der Waals surface area contributed by atoms with E-state index in [-0.39, 0.29) is 17.5 Å². The van der Waals surface area contributed by atoms with E-state index in [9.17, 15) is 9.59 Å². The summed E-state index contributed by atoms with van der Waals surface area (Å²) in [5.74, 6) is 1.82. The van der Waals surface area contributed by atoms with Crippen molar-refractivity contribution in [2.45, 2.75) is 58.0 Å². The van der Waals surface area contributed by atoms with Crippen molar-refractivity contribution in [1.82, 2.24) is 15.1 Å². The topological polar surface area (TPSA) is 82.5 Å². The van der Waals surface area contributed by atoms with Crippen LogP contribution in [0.15, 0.2) is 35.1 Å². The first kappa shape index (κ1) is 21.9. The van der Waals surface area contributed by atoms with Crippen molar-refractivity contribution in [3.63, 3.8) is 0 Å². The van der Waals surface area contributed by atoms with Gasteiger partial charge in [-0.1, -0.05) is 19.8 Å². The van der Waals surface area contributed by atoms with Crippen LogP contribution < -0.4 is 20.3 Å². The zero-order valence-electron chi connectivity index (χ0n) is 18.0. The number of amides is 1. The molecule has 7 nitrogen and oxygen atoms in total. The Balaban J connectivity index is 1.62. The maximum absolute atomic E-state index is 12.3. The quantitative estimate of drug-likeness (QED) is 0.717. The molecule has 1 saturated carbocycles. The van der Waals surface area contributed by atoms with E-state index in [2.05, 4.69) is 17.3 Å². The summed E-state index contributed by atoms with van der Waals surface area (Å²) in [4.78, 5) is 24.5. The maximum Gasteiger partial charge on any atom is 0.266 e. The summed E-state index contributed by atoms with van der Waals surface area (Å²) < 4.78 is 12.0. The molecule has 30 heavy (non-hydrogen) atoms. The molecular formula is C23H31N3O4. The van der Waals surface area contributed by atoms with Crippen molar-refractivity contribution >= 4 is 5.91 Å². The number of nitrogens with one attached hydrogen (secondary N) is 1. The zero-order valence-corrected chi connectivity index (χ0v) is 18.0. The van der Waals surface area contributed by atoms with Crippen LogP contribution in [0.5, 0.6) is 11.5 Å². The van der Waals surface area contributed by atoms with Gasteiger partial charge < -0.3 is 14.8 Å². The van der Waals surface area contributed by atoms with Gasteiger partial charge in [-0.2, -0.15) is 5.10 Å². The Kier molecular flexibility index (Phi) is 7.49. The number of nitrogens with zero attached hydrogens (tertiary/aromatic N) is 2. The van der Waals surface area contributed by atoms with Crippen LogP contribution >= 0.6 is 0 Å². The number of hydrogen-bond donors (Lipinski definition) is 1. The third-order valence-electron chi connectivity index (χ3n) is 5.78. The summed E-state index contributed by atoms with van der Waals surface area (Å²) >= 11 is 0.